The summed E-state index contributed by atoms with van der Waals surface area (Å²) in [6.07, 6.45) is 91.4. The van der Waals surface area contributed by atoms with Gasteiger partial charge in [0.05, 0.1) is 0 Å². The number of ether oxygens (including phenoxy) is 3. The van der Waals surface area contributed by atoms with Crippen molar-refractivity contribution in [1.29, 1.82) is 0 Å². The minimum Gasteiger partial charge on any atom is -0.462 e. The zero-order valence-electron chi connectivity index (χ0n) is 49.7. The van der Waals surface area contributed by atoms with Crippen molar-refractivity contribution in [2.24, 2.45) is 0 Å². The quantitative estimate of drug-likeness (QED) is 0.0261. The first-order valence-corrected chi connectivity index (χ1v) is 31.3. The minimum absolute atomic E-state index is 0.118. The van der Waals surface area contributed by atoms with Crippen molar-refractivity contribution in [2.75, 3.05) is 13.2 Å². The van der Waals surface area contributed by atoms with E-state index < -0.39 is 12.1 Å². The van der Waals surface area contributed by atoms with E-state index in [2.05, 4.69) is 154 Å². The Labute approximate surface area is 474 Å². The predicted molar refractivity (Wildman–Crippen MR) is 334 cm³/mol. The smallest absolute Gasteiger partial charge is 0.306 e. The molecule has 0 amide bonds. The largest absolute Gasteiger partial charge is 0.462 e. The monoisotopic (exact) mass is 1060 g/mol. The van der Waals surface area contributed by atoms with Gasteiger partial charge in [0.2, 0.25) is 0 Å². The third kappa shape index (κ3) is 62.0. The van der Waals surface area contributed by atoms with Crippen LogP contribution in [0.1, 0.15) is 265 Å². The molecule has 0 aromatic rings. The SMILES string of the molecule is CC/C=C\C/C=C\C/C=C\C/C=C\C/C=C\C/C=C\CCC(=O)OC(COC(=O)CCCCCCC/C=C\C/C=C\CCCCC)COC(=O)CCCCCCCCCCCCCC/C=C\C/C=C\C/C=C\C/C=C\CC. The summed E-state index contributed by atoms with van der Waals surface area (Å²) in [5, 5.41) is 0. The number of hydrogen-bond donors (Lipinski definition) is 0. The topological polar surface area (TPSA) is 78.9 Å². The highest BCUT2D eigenvalue weighted by Crippen LogP contribution is 2.15. The Balaban J connectivity index is 4.47. The normalized spacial score (nSPS) is 13.1. The number of carbonyl (C=O) groups is 3. The number of rotatable bonds is 55. The van der Waals surface area contributed by atoms with E-state index in [1.165, 1.54) is 89.9 Å². The molecule has 0 aliphatic carbocycles. The second kappa shape index (κ2) is 63.8. The molecule has 0 aliphatic heterocycles. The van der Waals surface area contributed by atoms with E-state index in [0.717, 1.165) is 128 Å². The summed E-state index contributed by atoms with van der Waals surface area (Å²) < 4.78 is 16.8. The number of carbonyl (C=O) groups excluding carboxylic acids is 3. The van der Waals surface area contributed by atoms with Crippen LogP contribution in [-0.4, -0.2) is 37.2 Å². The van der Waals surface area contributed by atoms with Gasteiger partial charge < -0.3 is 14.2 Å². The van der Waals surface area contributed by atoms with Gasteiger partial charge in [0.15, 0.2) is 6.10 Å². The highest BCUT2D eigenvalue weighted by atomic mass is 16.6. The van der Waals surface area contributed by atoms with E-state index in [4.69, 9.17) is 14.2 Å². The molecule has 6 heteroatoms. The first-order chi connectivity index (χ1) is 38.0. The van der Waals surface area contributed by atoms with Crippen molar-refractivity contribution in [3.63, 3.8) is 0 Å². The van der Waals surface area contributed by atoms with E-state index in [0.29, 0.717) is 19.3 Å². The molecule has 1 unspecified atom stereocenters. The molecule has 0 heterocycles. The van der Waals surface area contributed by atoms with Crippen LogP contribution in [0.25, 0.3) is 0 Å². The summed E-state index contributed by atoms with van der Waals surface area (Å²) in [7, 11) is 0. The molecule has 0 fully saturated rings. The van der Waals surface area contributed by atoms with E-state index in [9.17, 15) is 14.4 Å². The molecular formula is C71H114O6. The lowest BCUT2D eigenvalue weighted by molar-refractivity contribution is -0.166. The van der Waals surface area contributed by atoms with Crippen LogP contribution in [0.5, 0.6) is 0 Å². The summed E-state index contributed by atoms with van der Waals surface area (Å²) in [4.78, 5) is 38.3. The Morgan fingerprint density at radius 1 is 0.273 bits per heavy atom. The van der Waals surface area contributed by atoms with Gasteiger partial charge in [0, 0.05) is 19.3 Å². The van der Waals surface area contributed by atoms with E-state index in [1.54, 1.807) is 0 Å². The van der Waals surface area contributed by atoms with Crippen LogP contribution in [0, 0.1) is 0 Å². The lowest BCUT2D eigenvalue weighted by Gasteiger charge is -2.18. The van der Waals surface area contributed by atoms with E-state index >= 15 is 0 Å². The fraction of sp³-hybridized carbons (Fsp3) is 0.620. The van der Waals surface area contributed by atoms with Gasteiger partial charge in [0.1, 0.15) is 13.2 Å². The lowest BCUT2D eigenvalue weighted by Crippen LogP contribution is -2.30. The van der Waals surface area contributed by atoms with Crippen molar-refractivity contribution in [1.82, 2.24) is 0 Å². The molecule has 0 saturated heterocycles. The summed E-state index contributed by atoms with van der Waals surface area (Å²) in [5.74, 6) is -1.02. The van der Waals surface area contributed by atoms with Gasteiger partial charge in [0.25, 0.3) is 0 Å². The van der Waals surface area contributed by atoms with Crippen LogP contribution in [-0.2, 0) is 28.6 Å². The first kappa shape index (κ1) is 72.3. The highest BCUT2D eigenvalue weighted by molar-refractivity contribution is 5.71. The Morgan fingerprint density at radius 2 is 0.532 bits per heavy atom. The van der Waals surface area contributed by atoms with Gasteiger partial charge in [-0.1, -0.05) is 263 Å². The zero-order chi connectivity index (χ0) is 55.7. The van der Waals surface area contributed by atoms with Crippen molar-refractivity contribution in [2.45, 2.75) is 271 Å². The van der Waals surface area contributed by atoms with Crippen LogP contribution in [0.2, 0.25) is 0 Å². The zero-order valence-corrected chi connectivity index (χ0v) is 49.7. The molecule has 1 atom stereocenters. The lowest BCUT2D eigenvalue weighted by atomic mass is 10.0. The maximum atomic E-state index is 12.9. The summed E-state index contributed by atoms with van der Waals surface area (Å²) in [6, 6.07) is 0. The van der Waals surface area contributed by atoms with Gasteiger partial charge in [-0.25, -0.2) is 0 Å². The van der Waals surface area contributed by atoms with Gasteiger partial charge >= 0.3 is 17.9 Å². The van der Waals surface area contributed by atoms with Crippen LogP contribution in [0.15, 0.2) is 146 Å². The standard InChI is InChI=1S/C71H114O6/c1-4-7-10-13-16-19-22-25-28-30-32-33-34-35-36-37-39-40-43-46-49-52-55-58-61-64-70(73)76-67-68(66-75-69(72)63-60-57-54-51-48-45-42-27-24-21-18-15-12-9-6-3)77-71(74)65-62-59-56-53-50-47-44-41-38-31-29-26-23-20-17-14-11-8-5-2/h7-8,10-11,16-21,25-29,32-33,38,41-42,47,50,56,59,68H,4-6,9,12-15,22-24,30-31,34-37,39-40,43-46,48-49,51-55,57-58,60-67H2,1-3H3/b10-7-,11-8-,19-16-,20-17-,21-18-,28-25-,29-26-,33-32-,41-38-,42-27-,50-47-,59-56-. The molecule has 0 aromatic carbocycles. The molecule has 0 radical (unpaired) electrons. The molecule has 0 rings (SSSR count). The van der Waals surface area contributed by atoms with Crippen molar-refractivity contribution < 1.29 is 28.6 Å². The van der Waals surface area contributed by atoms with Crippen LogP contribution in [0.3, 0.4) is 0 Å². The Bertz CT molecular complexity index is 1700. The predicted octanol–water partition coefficient (Wildman–Crippen LogP) is 21.5. The second-order valence-corrected chi connectivity index (χ2v) is 20.2. The number of allylic oxidation sites excluding steroid dienone is 24. The molecule has 0 aliphatic rings. The number of hydrogen-bond acceptors (Lipinski definition) is 6. The molecule has 0 aromatic heterocycles. The molecule has 434 valence electrons. The summed E-state index contributed by atoms with van der Waals surface area (Å²) in [5.41, 5.74) is 0. The first-order valence-electron chi connectivity index (χ1n) is 31.3. The minimum atomic E-state index is -0.832. The summed E-state index contributed by atoms with van der Waals surface area (Å²) >= 11 is 0. The highest BCUT2D eigenvalue weighted by Gasteiger charge is 2.19. The van der Waals surface area contributed by atoms with Crippen LogP contribution in [0.4, 0.5) is 0 Å². The van der Waals surface area contributed by atoms with Crippen molar-refractivity contribution in [3.05, 3.63) is 146 Å². The number of esters is 3. The molecule has 0 N–H and O–H groups in total. The fourth-order valence-electron chi connectivity index (χ4n) is 8.20. The van der Waals surface area contributed by atoms with E-state index in [-0.39, 0.29) is 31.6 Å². The van der Waals surface area contributed by atoms with Gasteiger partial charge in [-0.15, -0.1) is 0 Å². The second-order valence-electron chi connectivity index (χ2n) is 20.2. The third-order valence-electron chi connectivity index (χ3n) is 12.8. The molecular weight excluding hydrogens is 949 g/mol. The van der Waals surface area contributed by atoms with Gasteiger partial charge in [-0.05, 0) is 128 Å². The molecule has 0 bridgehead atoms. The Morgan fingerprint density at radius 3 is 0.844 bits per heavy atom. The van der Waals surface area contributed by atoms with Gasteiger partial charge in [-0.2, -0.15) is 0 Å². The van der Waals surface area contributed by atoms with Crippen molar-refractivity contribution >= 4 is 17.9 Å². The maximum Gasteiger partial charge on any atom is 0.306 e. The average molecular weight is 1060 g/mol. The van der Waals surface area contributed by atoms with Gasteiger partial charge in [-0.3, -0.25) is 14.4 Å². The third-order valence-corrected chi connectivity index (χ3v) is 12.8. The molecule has 0 saturated carbocycles. The number of unbranched alkanes of at least 4 members (excludes halogenated alkanes) is 20. The van der Waals surface area contributed by atoms with Crippen LogP contribution < -0.4 is 0 Å². The molecule has 6 nitrogen and oxygen atoms in total. The molecule has 0 spiro atoms. The summed E-state index contributed by atoms with van der Waals surface area (Å²) in [6.45, 7) is 6.31. The van der Waals surface area contributed by atoms with E-state index in [1.807, 2.05) is 12.2 Å². The average Bonchev–Trinajstić information content (AvgIpc) is 3.43. The Hall–Kier alpha value is -4.71. The molecule has 77 heavy (non-hydrogen) atoms. The maximum absolute atomic E-state index is 12.9. The van der Waals surface area contributed by atoms with Crippen LogP contribution >= 0.6 is 0 Å². The Kier molecular flexibility index (Phi) is 59.9. The van der Waals surface area contributed by atoms with Crippen molar-refractivity contribution in [3.8, 4) is 0 Å². The fourth-order valence-corrected chi connectivity index (χ4v) is 8.20.